The maximum absolute atomic E-state index is 13.2. The number of hydrogen-bond donors (Lipinski definition) is 0. The average molecular weight is 419 g/mol. The van der Waals surface area contributed by atoms with Crippen LogP contribution >= 0.6 is 0 Å². The van der Waals surface area contributed by atoms with Gasteiger partial charge in [0.05, 0.1) is 0 Å². The Morgan fingerprint density at radius 2 is 1.76 bits per heavy atom. The predicted octanol–water partition coefficient (Wildman–Crippen LogP) is 2.95. The van der Waals surface area contributed by atoms with Gasteiger partial charge in [-0.05, 0) is 24.8 Å². The highest BCUT2D eigenvalue weighted by Crippen LogP contribution is 2.55. The van der Waals surface area contributed by atoms with E-state index >= 15 is 0 Å². The molecule has 0 radical (unpaired) electrons. The van der Waals surface area contributed by atoms with Crippen molar-refractivity contribution in [3.05, 3.63) is 56.8 Å². The molecule has 0 unspecified atom stereocenters. The third kappa shape index (κ3) is 2.99. The fraction of sp³-hybridized carbons (Fsp3) is 0.571. The van der Waals surface area contributed by atoms with Crippen molar-refractivity contribution in [2.45, 2.75) is 63.3 Å². The summed E-state index contributed by atoms with van der Waals surface area (Å²) < 4.78 is 32.4. The van der Waals surface area contributed by atoms with Crippen molar-refractivity contribution >= 4 is 15.6 Å². The number of allylic oxidation sites excluding steroid dienone is 2. The molecule has 7 nitrogen and oxygen atoms in total. The molecule has 0 aromatic heterocycles. The van der Waals surface area contributed by atoms with Crippen molar-refractivity contribution < 1.29 is 22.9 Å². The smallest absolute Gasteiger partial charge is 0.266 e. The lowest BCUT2D eigenvalue weighted by Gasteiger charge is -2.46. The molecule has 3 aliphatic rings. The minimum Gasteiger partial charge on any atom is -0.483 e. The van der Waals surface area contributed by atoms with E-state index in [0.29, 0.717) is 29.7 Å². The number of nitro groups is 1. The number of nitrogens with zero attached hydrogens (tertiary/aromatic N) is 1. The average Bonchev–Trinajstić information content (AvgIpc) is 2.79. The lowest BCUT2D eigenvalue weighted by Crippen LogP contribution is -2.56. The summed E-state index contributed by atoms with van der Waals surface area (Å²) in [4.78, 5) is 24.4. The van der Waals surface area contributed by atoms with Gasteiger partial charge in [0.15, 0.2) is 21.2 Å². The van der Waals surface area contributed by atoms with Crippen LogP contribution in [0.25, 0.3) is 0 Å². The topological polar surface area (TPSA) is 104 Å². The molecule has 1 aromatic carbocycles. The number of carbonyl (C=O) groups excluding carboxylic acids is 1. The molecule has 2 heterocycles. The Bertz CT molecular complexity index is 1040. The molecule has 1 aromatic rings. The number of benzene rings is 1. The first kappa shape index (κ1) is 20.1. The fourth-order valence-corrected chi connectivity index (χ4v) is 7.94. The van der Waals surface area contributed by atoms with Crippen LogP contribution in [0.2, 0.25) is 0 Å². The van der Waals surface area contributed by atoms with Crippen molar-refractivity contribution in [1.82, 2.24) is 0 Å². The highest BCUT2D eigenvalue weighted by atomic mass is 32.2. The van der Waals surface area contributed by atoms with Gasteiger partial charge in [0, 0.05) is 29.3 Å². The van der Waals surface area contributed by atoms with E-state index in [9.17, 15) is 23.3 Å². The molecule has 29 heavy (non-hydrogen) atoms. The standard InChI is InChI=1S/C21H25NO6S/c1-12-5-7-13(8-6-12)17-18-14(23)9-20(2,3)10-15(18)28-21(4)16(22(24)25)11-29(26,27)19(17)21/h5-8,16-17,19H,9-11H2,1-4H3/t16-,17-,19+,21+/m0/s1. The molecule has 0 spiro atoms. The van der Waals surface area contributed by atoms with Gasteiger partial charge in [-0.3, -0.25) is 14.9 Å². The zero-order valence-corrected chi connectivity index (χ0v) is 17.8. The van der Waals surface area contributed by atoms with Gasteiger partial charge < -0.3 is 4.74 Å². The Balaban J connectivity index is 1.99. The molecule has 1 saturated heterocycles. The van der Waals surface area contributed by atoms with Crippen LogP contribution in [0, 0.1) is 22.5 Å². The molecule has 0 saturated carbocycles. The minimum atomic E-state index is -3.86. The van der Waals surface area contributed by atoms with Gasteiger partial charge >= 0.3 is 0 Å². The molecule has 4 atom stereocenters. The summed E-state index contributed by atoms with van der Waals surface area (Å²) in [6.45, 7) is 7.34. The second kappa shape index (κ2) is 6.14. The Labute approximate surface area is 170 Å². The first-order valence-electron chi connectivity index (χ1n) is 9.73. The van der Waals surface area contributed by atoms with E-state index in [1.807, 2.05) is 45.0 Å². The van der Waals surface area contributed by atoms with Crippen LogP contribution in [0.3, 0.4) is 0 Å². The molecule has 1 aliphatic carbocycles. The Morgan fingerprint density at radius 3 is 2.34 bits per heavy atom. The van der Waals surface area contributed by atoms with Crippen LogP contribution < -0.4 is 0 Å². The molecular formula is C21H25NO6S. The van der Waals surface area contributed by atoms with E-state index in [-0.39, 0.29) is 11.2 Å². The number of ketones is 1. The summed E-state index contributed by atoms with van der Waals surface area (Å²) in [5, 5.41) is 10.6. The predicted molar refractivity (Wildman–Crippen MR) is 107 cm³/mol. The molecule has 156 valence electrons. The van der Waals surface area contributed by atoms with E-state index < -0.39 is 43.3 Å². The molecule has 2 aliphatic heterocycles. The third-order valence-corrected chi connectivity index (χ3v) is 8.82. The zero-order valence-electron chi connectivity index (χ0n) is 17.0. The number of ether oxygens (including phenoxy) is 1. The van der Waals surface area contributed by atoms with Crippen LogP contribution in [0.5, 0.6) is 0 Å². The van der Waals surface area contributed by atoms with Crippen molar-refractivity contribution in [3.63, 3.8) is 0 Å². The van der Waals surface area contributed by atoms with Crippen molar-refractivity contribution in [3.8, 4) is 0 Å². The summed E-state index contributed by atoms with van der Waals surface area (Å²) in [6.07, 6.45) is 0.739. The second-order valence-electron chi connectivity index (χ2n) is 9.50. The van der Waals surface area contributed by atoms with Gasteiger partial charge in [-0.2, -0.15) is 0 Å². The second-order valence-corrected chi connectivity index (χ2v) is 11.7. The van der Waals surface area contributed by atoms with Gasteiger partial charge in [0.25, 0.3) is 6.04 Å². The van der Waals surface area contributed by atoms with Crippen LogP contribution in [0.1, 0.15) is 50.7 Å². The van der Waals surface area contributed by atoms with Crippen LogP contribution in [-0.4, -0.2) is 41.8 Å². The quantitative estimate of drug-likeness (QED) is 0.539. The normalized spacial score (nSPS) is 34.9. The van der Waals surface area contributed by atoms with Crippen molar-refractivity contribution in [2.24, 2.45) is 5.41 Å². The number of sulfone groups is 1. The monoisotopic (exact) mass is 419 g/mol. The van der Waals surface area contributed by atoms with Crippen LogP contribution in [-0.2, 0) is 19.4 Å². The van der Waals surface area contributed by atoms with Crippen LogP contribution in [0.15, 0.2) is 35.6 Å². The Morgan fingerprint density at radius 1 is 1.14 bits per heavy atom. The van der Waals surface area contributed by atoms with Crippen LogP contribution in [0.4, 0.5) is 0 Å². The van der Waals surface area contributed by atoms with E-state index in [1.165, 1.54) is 6.92 Å². The summed E-state index contributed by atoms with van der Waals surface area (Å²) >= 11 is 0. The molecule has 0 amide bonds. The molecule has 8 heteroatoms. The zero-order chi connectivity index (χ0) is 21.4. The molecular weight excluding hydrogens is 394 g/mol. The summed E-state index contributed by atoms with van der Waals surface area (Å²) in [7, 11) is -3.86. The first-order valence-corrected chi connectivity index (χ1v) is 11.4. The lowest BCUT2D eigenvalue weighted by molar-refractivity contribution is -0.537. The Kier molecular flexibility index (Phi) is 4.25. The van der Waals surface area contributed by atoms with Gasteiger partial charge in [0.1, 0.15) is 16.8 Å². The van der Waals surface area contributed by atoms with Gasteiger partial charge in [-0.25, -0.2) is 8.42 Å². The number of hydrogen-bond acceptors (Lipinski definition) is 6. The highest BCUT2D eigenvalue weighted by Gasteiger charge is 2.70. The van der Waals surface area contributed by atoms with Gasteiger partial charge in [-0.15, -0.1) is 0 Å². The number of fused-ring (bicyclic) bond motifs is 1. The largest absolute Gasteiger partial charge is 0.483 e. The number of Topliss-reactive ketones (excluding diaryl/α,β-unsaturated/α-hetero) is 1. The fourth-order valence-electron chi connectivity index (χ4n) is 5.22. The van der Waals surface area contributed by atoms with E-state index in [2.05, 4.69) is 0 Å². The Hall–Kier alpha value is -2.22. The van der Waals surface area contributed by atoms with Gasteiger partial charge in [0.2, 0.25) is 0 Å². The van der Waals surface area contributed by atoms with E-state index in [4.69, 9.17) is 4.74 Å². The number of rotatable bonds is 2. The van der Waals surface area contributed by atoms with E-state index in [0.717, 1.165) is 5.56 Å². The summed E-state index contributed by atoms with van der Waals surface area (Å²) in [5.74, 6) is -1.06. The maximum Gasteiger partial charge on any atom is 0.266 e. The van der Waals surface area contributed by atoms with E-state index in [1.54, 1.807) is 0 Å². The summed E-state index contributed by atoms with van der Waals surface area (Å²) in [5.41, 5.74) is 0.195. The lowest BCUT2D eigenvalue weighted by atomic mass is 9.68. The number of carbonyl (C=O) groups is 1. The van der Waals surface area contributed by atoms with Crippen molar-refractivity contribution in [2.75, 3.05) is 5.75 Å². The van der Waals surface area contributed by atoms with Gasteiger partial charge in [-0.1, -0.05) is 43.7 Å². The molecule has 0 bridgehead atoms. The maximum atomic E-state index is 13.2. The molecule has 4 rings (SSSR count). The minimum absolute atomic E-state index is 0.136. The molecule has 1 fully saturated rings. The highest BCUT2D eigenvalue weighted by molar-refractivity contribution is 7.92. The SMILES string of the molecule is Cc1ccc([C@H]2C3=C(CC(C)(C)CC3=O)O[C@]3(C)[C@@H]([N+](=O)[O-])CS(=O)(=O)[C@H]23)cc1. The number of aryl methyl sites for hydroxylation is 1. The third-order valence-electron chi connectivity index (χ3n) is 6.53. The first-order chi connectivity index (χ1) is 13.4. The summed E-state index contributed by atoms with van der Waals surface area (Å²) in [6, 6.07) is 5.99. The van der Waals surface area contributed by atoms with Crippen molar-refractivity contribution in [1.29, 1.82) is 0 Å². The molecule has 0 N–H and O–H groups in total.